The van der Waals surface area contributed by atoms with E-state index in [1.165, 1.54) is 12.1 Å². The minimum atomic E-state index is -0.859. The molecule has 2 rings (SSSR count). The van der Waals surface area contributed by atoms with Crippen LogP contribution in [0, 0.1) is 5.82 Å². The van der Waals surface area contributed by atoms with E-state index in [4.69, 9.17) is 9.84 Å². The van der Waals surface area contributed by atoms with E-state index in [1.807, 2.05) is 6.92 Å². The number of carboxylic acid groups (broad SMARTS) is 1. The van der Waals surface area contributed by atoms with E-state index in [-0.39, 0.29) is 24.1 Å². The molecule has 1 fully saturated rings. The summed E-state index contributed by atoms with van der Waals surface area (Å²) in [6.45, 7) is 2.42. The molecule has 132 valence electrons. The number of benzene rings is 1. The maximum Gasteiger partial charge on any atom is 0.303 e. The fourth-order valence-corrected chi connectivity index (χ4v) is 3.07. The molecule has 1 amide bonds. The Balaban J connectivity index is 2.07. The number of ether oxygens (including phenoxy) is 1. The SMILES string of the molecule is CCC(Oc1ccccc1F)C(=O)N1CCCCC1CCC(=O)O. The third-order valence-corrected chi connectivity index (χ3v) is 4.35. The molecule has 0 aromatic heterocycles. The van der Waals surface area contributed by atoms with Gasteiger partial charge in [-0.15, -0.1) is 0 Å². The summed E-state index contributed by atoms with van der Waals surface area (Å²) >= 11 is 0. The van der Waals surface area contributed by atoms with Crippen LogP contribution in [0.3, 0.4) is 0 Å². The zero-order valence-electron chi connectivity index (χ0n) is 13.9. The van der Waals surface area contributed by atoms with Crippen LogP contribution < -0.4 is 4.74 Å². The lowest BCUT2D eigenvalue weighted by molar-refractivity contribution is -0.144. The summed E-state index contributed by atoms with van der Waals surface area (Å²) in [6, 6.07) is 5.94. The van der Waals surface area contributed by atoms with Gasteiger partial charge in [0.25, 0.3) is 5.91 Å². The first kappa shape index (κ1) is 18.2. The first-order chi connectivity index (χ1) is 11.5. The van der Waals surface area contributed by atoms with Crippen molar-refractivity contribution >= 4 is 11.9 Å². The Bertz CT molecular complexity index is 578. The molecule has 2 atom stereocenters. The molecule has 0 radical (unpaired) electrons. The Kier molecular flexibility index (Phi) is 6.58. The van der Waals surface area contributed by atoms with Gasteiger partial charge in [0, 0.05) is 19.0 Å². The highest BCUT2D eigenvalue weighted by Crippen LogP contribution is 2.24. The van der Waals surface area contributed by atoms with E-state index in [0.717, 1.165) is 19.3 Å². The normalized spacial score (nSPS) is 18.9. The van der Waals surface area contributed by atoms with Crippen molar-refractivity contribution in [3.8, 4) is 5.75 Å². The number of hydrogen-bond donors (Lipinski definition) is 1. The Morgan fingerprint density at radius 1 is 1.38 bits per heavy atom. The summed E-state index contributed by atoms with van der Waals surface area (Å²) in [7, 11) is 0. The summed E-state index contributed by atoms with van der Waals surface area (Å²) in [4.78, 5) is 25.4. The summed E-state index contributed by atoms with van der Waals surface area (Å²) < 4.78 is 19.4. The van der Waals surface area contributed by atoms with Gasteiger partial charge in [-0.25, -0.2) is 4.39 Å². The average molecular weight is 337 g/mol. The monoisotopic (exact) mass is 337 g/mol. The van der Waals surface area contributed by atoms with Crippen molar-refractivity contribution in [2.45, 2.75) is 57.6 Å². The number of carbonyl (C=O) groups excluding carboxylic acids is 1. The van der Waals surface area contributed by atoms with Crippen LogP contribution in [0.5, 0.6) is 5.75 Å². The van der Waals surface area contributed by atoms with Gasteiger partial charge in [0.15, 0.2) is 17.7 Å². The first-order valence-corrected chi connectivity index (χ1v) is 8.46. The van der Waals surface area contributed by atoms with Crippen LogP contribution in [0.2, 0.25) is 0 Å². The molecule has 0 aliphatic carbocycles. The van der Waals surface area contributed by atoms with E-state index < -0.39 is 17.9 Å². The number of hydrogen-bond acceptors (Lipinski definition) is 3. The summed E-state index contributed by atoms with van der Waals surface area (Å²) in [5.41, 5.74) is 0. The fraction of sp³-hybridized carbons (Fsp3) is 0.556. The molecule has 1 aliphatic rings. The zero-order valence-corrected chi connectivity index (χ0v) is 13.9. The number of halogens is 1. The van der Waals surface area contributed by atoms with E-state index in [9.17, 15) is 14.0 Å². The van der Waals surface area contributed by atoms with Crippen molar-refractivity contribution in [2.75, 3.05) is 6.54 Å². The third-order valence-electron chi connectivity index (χ3n) is 4.35. The van der Waals surface area contributed by atoms with Gasteiger partial charge < -0.3 is 14.7 Å². The molecule has 5 nitrogen and oxygen atoms in total. The predicted octanol–water partition coefficient (Wildman–Crippen LogP) is 3.23. The van der Waals surface area contributed by atoms with Gasteiger partial charge in [-0.1, -0.05) is 19.1 Å². The Hall–Kier alpha value is -2.11. The highest BCUT2D eigenvalue weighted by Gasteiger charge is 2.32. The molecule has 24 heavy (non-hydrogen) atoms. The van der Waals surface area contributed by atoms with E-state index in [1.54, 1.807) is 17.0 Å². The number of likely N-dealkylation sites (tertiary alicyclic amines) is 1. The maximum absolute atomic E-state index is 13.8. The topological polar surface area (TPSA) is 66.8 Å². The van der Waals surface area contributed by atoms with Crippen molar-refractivity contribution < 1.29 is 23.8 Å². The summed E-state index contributed by atoms with van der Waals surface area (Å²) in [5, 5.41) is 8.88. The predicted molar refractivity (Wildman–Crippen MR) is 87.3 cm³/mol. The number of para-hydroxylation sites is 1. The second-order valence-electron chi connectivity index (χ2n) is 6.06. The molecule has 1 N–H and O–H groups in total. The van der Waals surface area contributed by atoms with Crippen LogP contribution in [-0.2, 0) is 9.59 Å². The van der Waals surface area contributed by atoms with Gasteiger partial charge in [-0.05, 0) is 44.2 Å². The Morgan fingerprint density at radius 2 is 2.12 bits per heavy atom. The van der Waals surface area contributed by atoms with Gasteiger partial charge in [0.1, 0.15) is 0 Å². The minimum absolute atomic E-state index is 0.0411. The van der Waals surface area contributed by atoms with E-state index >= 15 is 0 Å². The van der Waals surface area contributed by atoms with Crippen LogP contribution >= 0.6 is 0 Å². The van der Waals surface area contributed by atoms with Gasteiger partial charge in [-0.2, -0.15) is 0 Å². The molecular formula is C18H24FNO4. The average Bonchev–Trinajstić information content (AvgIpc) is 2.59. The van der Waals surface area contributed by atoms with Gasteiger partial charge in [0.05, 0.1) is 0 Å². The molecule has 1 aromatic rings. The number of carboxylic acids is 1. The fourth-order valence-electron chi connectivity index (χ4n) is 3.07. The van der Waals surface area contributed by atoms with Crippen molar-refractivity contribution in [2.24, 2.45) is 0 Å². The van der Waals surface area contributed by atoms with Crippen molar-refractivity contribution in [3.05, 3.63) is 30.1 Å². The molecule has 0 saturated carbocycles. The quantitative estimate of drug-likeness (QED) is 0.829. The lowest BCUT2D eigenvalue weighted by Crippen LogP contribution is -2.49. The highest BCUT2D eigenvalue weighted by atomic mass is 19.1. The van der Waals surface area contributed by atoms with Crippen LogP contribution in [-0.4, -0.2) is 40.6 Å². The van der Waals surface area contributed by atoms with Crippen molar-refractivity contribution in [1.29, 1.82) is 0 Å². The number of piperidine rings is 1. The second kappa shape index (κ2) is 8.66. The number of nitrogens with zero attached hydrogens (tertiary/aromatic N) is 1. The van der Waals surface area contributed by atoms with Crippen LogP contribution in [0.15, 0.2) is 24.3 Å². The maximum atomic E-state index is 13.8. The zero-order chi connectivity index (χ0) is 17.5. The number of amides is 1. The van der Waals surface area contributed by atoms with E-state index in [0.29, 0.717) is 19.4 Å². The van der Waals surface area contributed by atoms with Gasteiger partial charge in [0.2, 0.25) is 0 Å². The van der Waals surface area contributed by atoms with Crippen molar-refractivity contribution in [1.82, 2.24) is 4.90 Å². The Morgan fingerprint density at radius 3 is 2.79 bits per heavy atom. The molecular weight excluding hydrogens is 313 g/mol. The van der Waals surface area contributed by atoms with Gasteiger partial charge in [-0.3, -0.25) is 9.59 Å². The standard InChI is InChI=1S/C18H24FNO4/c1-2-15(24-16-9-4-3-8-14(16)19)18(23)20-12-6-5-7-13(20)10-11-17(21)22/h3-4,8-9,13,15H,2,5-7,10-12H2,1H3,(H,21,22). The van der Waals surface area contributed by atoms with Crippen LogP contribution in [0.25, 0.3) is 0 Å². The molecule has 1 heterocycles. The third kappa shape index (κ3) is 4.69. The molecule has 0 bridgehead atoms. The van der Waals surface area contributed by atoms with Crippen LogP contribution in [0.1, 0.15) is 45.4 Å². The number of rotatable bonds is 7. The lowest BCUT2D eigenvalue weighted by atomic mass is 9.97. The van der Waals surface area contributed by atoms with Crippen molar-refractivity contribution in [3.63, 3.8) is 0 Å². The molecule has 2 unspecified atom stereocenters. The van der Waals surface area contributed by atoms with E-state index in [2.05, 4.69) is 0 Å². The number of aliphatic carboxylic acids is 1. The minimum Gasteiger partial charge on any atom is -0.481 e. The largest absolute Gasteiger partial charge is 0.481 e. The smallest absolute Gasteiger partial charge is 0.303 e. The Labute approximate surface area is 141 Å². The molecule has 1 aliphatic heterocycles. The molecule has 1 aromatic carbocycles. The number of carbonyl (C=O) groups is 2. The molecule has 1 saturated heterocycles. The van der Waals surface area contributed by atoms with Crippen LogP contribution in [0.4, 0.5) is 4.39 Å². The first-order valence-electron chi connectivity index (χ1n) is 8.46. The second-order valence-corrected chi connectivity index (χ2v) is 6.06. The summed E-state index contributed by atoms with van der Waals surface area (Å²) in [5.74, 6) is -1.47. The highest BCUT2D eigenvalue weighted by molar-refractivity contribution is 5.81. The molecule has 0 spiro atoms. The van der Waals surface area contributed by atoms with Gasteiger partial charge >= 0.3 is 5.97 Å². The molecule has 6 heteroatoms. The summed E-state index contributed by atoms with van der Waals surface area (Å²) in [6.07, 6.45) is 2.83. The lowest BCUT2D eigenvalue weighted by Gasteiger charge is -2.37.